The normalized spacial score (nSPS) is 19.0. The van der Waals surface area contributed by atoms with Gasteiger partial charge < -0.3 is 9.88 Å². The van der Waals surface area contributed by atoms with Crippen LogP contribution >= 0.6 is 0 Å². The molecule has 1 fully saturated rings. The third-order valence-electron chi connectivity index (χ3n) is 4.63. The van der Waals surface area contributed by atoms with Crippen LogP contribution < -0.4 is 0 Å². The molecule has 3 aromatic rings. The van der Waals surface area contributed by atoms with Crippen LogP contribution in [0.25, 0.3) is 11.0 Å². The number of H-pyrrole nitrogens is 1. The number of hydrogen-bond acceptors (Lipinski definition) is 2. The smallest absolute Gasteiger partial charge is 0.111 e. The van der Waals surface area contributed by atoms with Crippen LogP contribution in [0, 0.1) is 0 Å². The molecule has 0 spiro atoms. The van der Waals surface area contributed by atoms with Crippen LogP contribution in [0.15, 0.2) is 54.6 Å². The van der Waals surface area contributed by atoms with Gasteiger partial charge in [-0.15, -0.1) is 0 Å². The quantitative estimate of drug-likeness (QED) is 0.796. The molecule has 0 radical (unpaired) electrons. The molecule has 22 heavy (non-hydrogen) atoms. The first-order chi connectivity index (χ1) is 10.9. The summed E-state index contributed by atoms with van der Waals surface area (Å²) in [6.45, 7) is 3.43. The molecule has 3 nitrogen and oxygen atoms in total. The van der Waals surface area contributed by atoms with Gasteiger partial charge in [-0.1, -0.05) is 42.5 Å². The molecule has 0 aliphatic carbocycles. The minimum atomic E-state index is 0.545. The maximum absolute atomic E-state index is 4.77. The summed E-state index contributed by atoms with van der Waals surface area (Å²) in [5.41, 5.74) is 3.66. The number of nitrogens with one attached hydrogen (secondary N) is 1. The van der Waals surface area contributed by atoms with E-state index < -0.39 is 0 Å². The highest BCUT2D eigenvalue weighted by molar-refractivity contribution is 5.74. The molecule has 1 aromatic heterocycles. The largest absolute Gasteiger partial charge is 0.342 e. The summed E-state index contributed by atoms with van der Waals surface area (Å²) in [7, 11) is 0. The molecular weight excluding hydrogens is 270 g/mol. The summed E-state index contributed by atoms with van der Waals surface area (Å²) in [6, 6.07) is 19.0. The zero-order valence-corrected chi connectivity index (χ0v) is 12.7. The van der Waals surface area contributed by atoms with E-state index >= 15 is 0 Å². The summed E-state index contributed by atoms with van der Waals surface area (Å²) in [5.74, 6) is 1.70. The summed E-state index contributed by atoms with van der Waals surface area (Å²) in [6.07, 6.45) is 2.34. The van der Waals surface area contributed by atoms with Gasteiger partial charge in [0.15, 0.2) is 0 Å². The van der Waals surface area contributed by atoms with Crippen molar-refractivity contribution in [2.45, 2.75) is 18.8 Å². The number of rotatable bonds is 4. The van der Waals surface area contributed by atoms with Gasteiger partial charge >= 0.3 is 0 Å². The van der Waals surface area contributed by atoms with Gasteiger partial charge in [0.1, 0.15) is 5.82 Å². The monoisotopic (exact) mass is 291 g/mol. The lowest BCUT2D eigenvalue weighted by atomic mass is 10.1. The SMILES string of the molecule is c1ccc(CCN2CCC(c3nc4ccccc4[nH]3)C2)cc1. The second kappa shape index (κ2) is 5.93. The number of imidazole rings is 1. The van der Waals surface area contributed by atoms with E-state index in [-0.39, 0.29) is 0 Å². The van der Waals surface area contributed by atoms with E-state index in [9.17, 15) is 0 Å². The third-order valence-corrected chi connectivity index (χ3v) is 4.63. The number of nitrogens with zero attached hydrogens (tertiary/aromatic N) is 2. The van der Waals surface area contributed by atoms with Crippen molar-refractivity contribution in [1.29, 1.82) is 0 Å². The van der Waals surface area contributed by atoms with E-state index in [4.69, 9.17) is 4.98 Å². The van der Waals surface area contributed by atoms with Gasteiger partial charge in [0.25, 0.3) is 0 Å². The molecule has 4 rings (SSSR count). The maximum atomic E-state index is 4.77. The Hall–Kier alpha value is -2.13. The molecule has 0 amide bonds. The maximum Gasteiger partial charge on any atom is 0.111 e. The fourth-order valence-corrected chi connectivity index (χ4v) is 3.36. The first-order valence-corrected chi connectivity index (χ1v) is 8.09. The third kappa shape index (κ3) is 2.77. The minimum Gasteiger partial charge on any atom is -0.342 e. The predicted molar refractivity (Wildman–Crippen MR) is 90.0 cm³/mol. The summed E-state index contributed by atoms with van der Waals surface area (Å²) in [5, 5.41) is 0. The first-order valence-electron chi connectivity index (χ1n) is 8.09. The summed E-state index contributed by atoms with van der Waals surface area (Å²) in [4.78, 5) is 10.8. The number of aromatic nitrogens is 2. The molecule has 0 bridgehead atoms. The van der Waals surface area contributed by atoms with Crippen LogP contribution in [0.1, 0.15) is 23.7 Å². The molecule has 1 aliphatic rings. The average Bonchev–Trinajstić information content (AvgIpc) is 3.20. The molecule has 1 aliphatic heterocycles. The number of aromatic amines is 1. The molecule has 1 atom stereocenters. The molecular formula is C19H21N3. The molecule has 0 saturated carbocycles. The predicted octanol–water partition coefficient (Wildman–Crippen LogP) is 3.59. The van der Waals surface area contributed by atoms with Gasteiger partial charge in [0.05, 0.1) is 11.0 Å². The van der Waals surface area contributed by atoms with Crippen LogP contribution in [-0.4, -0.2) is 34.5 Å². The zero-order chi connectivity index (χ0) is 14.8. The molecule has 3 heteroatoms. The Morgan fingerprint density at radius 1 is 1.05 bits per heavy atom. The van der Waals surface area contributed by atoms with Gasteiger partial charge in [-0.05, 0) is 37.1 Å². The number of likely N-dealkylation sites (tertiary alicyclic amines) is 1. The van der Waals surface area contributed by atoms with Gasteiger partial charge in [-0.2, -0.15) is 0 Å². The standard InChI is InChI=1S/C19H21N3/c1-2-6-15(7-3-1)10-12-22-13-11-16(14-22)19-20-17-8-4-5-9-18(17)21-19/h1-9,16H,10-14H2,(H,20,21). The van der Waals surface area contributed by atoms with Gasteiger partial charge in [0, 0.05) is 19.0 Å². The molecule has 1 unspecified atom stereocenters. The van der Waals surface area contributed by atoms with E-state index in [1.165, 1.54) is 18.5 Å². The number of para-hydroxylation sites is 2. The van der Waals surface area contributed by atoms with E-state index in [1.54, 1.807) is 0 Å². The molecule has 2 heterocycles. The van der Waals surface area contributed by atoms with Crippen molar-refractivity contribution in [3.8, 4) is 0 Å². The number of fused-ring (bicyclic) bond motifs is 1. The lowest BCUT2D eigenvalue weighted by Crippen LogP contribution is -2.23. The Bertz CT molecular complexity index is 714. The van der Waals surface area contributed by atoms with Crippen LogP contribution in [-0.2, 0) is 6.42 Å². The van der Waals surface area contributed by atoms with E-state index in [2.05, 4.69) is 58.4 Å². The van der Waals surface area contributed by atoms with Crippen LogP contribution in [0.4, 0.5) is 0 Å². The van der Waals surface area contributed by atoms with Gasteiger partial charge in [0.2, 0.25) is 0 Å². The lowest BCUT2D eigenvalue weighted by Gasteiger charge is -2.15. The van der Waals surface area contributed by atoms with E-state index in [0.717, 1.165) is 36.4 Å². The van der Waals surface area contributed by atoms with Crippen molar-refractivity contribution in [2.24, 2.45) is 0 Å². The number of benzene rings is 2. The molecule has 1 saturated heterocycles. The van der Waals surface area contributed by atoms with Crippen molar-refractivity contribution in [2.75, 3.05) is 19.6 Å². The van der Waals surface area contributed by atoms with Gasteiger partial charge in [-0.3, -0.25) is 0 Å². The van der Waals surface area contributed by atoms with Crippen LogP contribution in [0.3, 0.4) is 0 Å². The highest BCUT2D eigenvalue weighted by Crippen LogP contribution is 2.26. The molecule has 112 valence electrons. The minimum absolute atomic E-state index is 0.545. The Morgan fingerprint density at radius 3 is 2.73 bits per heavy atom. The Balaban J connectivity index is 1.39. The van der Waals surface area contributed by atoms with Crippen LogP contribution in [0.5, 0.6) is 0 Å². The number of hydrogen-bond donors (Lipinski definition) is 1. The lowest BCUT2D eigenvalue weighted by molar-refractivity contribution is 0.338. The average molecular weight is 291 g/mol. The van der Waals surface area contributed by atoms with Crippen molar-refractivity contribution < 1.29 is 0 Å². The van der Waals surface area contributed by atoms with Gasteiger partial charge in [-0.25, -0.2) is 4.98 Å². The zero-order valence-electron chi connectivity index (χ0n) is 12.7. The van der Waals surface area contributed by atoms with E-state index in [0.29, 0.717) is 5.92 Å². The highest BCUT2D eigenvalue weighted by Gasteiger charge is 2.25. The van der Waals surface area contributed by atoms with Crippen molar-refractivity contribution in [3.63, 3.8) is 0 Å². The van der Waals surface area contributed by atoms with Crippen molar-refractivity contribution in [3.05, 3.63) is 66.0 Å². The fraction of sp³-hybridized carbons (Fsp3) is 0.316. The second-order valence-electron chi connectivity index (χ2n) is 6.16. The first kappa shape index (κ1) is 13.5. The molecule has 1 N–H and O–H groups in total. The summed E-state index contributed by atoms with van der Waals surface area (Å²) < 4.78 is 0. The second-order valence-corrected chi connectivity index (χ2v) is 6.16. The summed E-state index contributed by atoms with van der Waals surface area (Å²) >= 11 is 0. The molecule has 2 aromatic carbocycles. The Morgan fingerprint density at radius 2 is 1.86 bits per heavy atom. The Labute approximate surface area is 131 Å². The van der Waals surface area contributed by atoms with E-state index in [1.807, 2.05) is 6.07 Å². The topological polar surface area (TPSA) is 31.9 Å². The Kier molecular flexibility index (Phi) is 3.65. The highest BCUT2D eigenvalue weighted by atomic mass is 15.2. The fourth-order valence-electron chi connectivity index (χ4n) is 3.36. The van der Waals surface area contributed by atoms with Crippen molar-refractivity contribution >= 4 is 11.0 Å². The van der Waals surface area contributed by atoms with Crippen LogP contribution in [0.2, 0.25) is 0 Å². The van der Waals surface area contributed by atoms with Crippen molar-refractivity contribution in [1.82, 2.24) is 14.9 Å².